The average molecular weight is 366 g/mol. The summed E-state index contributed by atoms with van der Waals surface area (Å²) in [6.45, 7) is 2.60. The first-order chi connectivity index (χ1) is 13.1. The summed E-state index contributed by atoms with van der Waals surface area (Å²) in [7, 11) is 0. The molecule has 0 unspecified atom stereocenters. The van der Waals surface area contributed by atoms with E-state index in [0.29, 0.717) is 24.4 Å². The monoisotopic (exact) mass is 366 g/mol. The lowest BCUT2D eigenvalue weighted by atomic mass is 9.85. The van der Waals surface area contributed by atoms with Gasteiger partial charge in [0, 0.05) is 29.8 Å². The van der Waals surface area contributed by atoms with Gasteiger partial charge in [0.05, 0.1) is 24.2 Å². The van der Waals surface area contributed by atoms with Crippen molar-refractivity contribution < 1.29 is 4.74 Å². The molecule has 3 aromatic rings. The first-order valence-electron chi connectivity index (χ1n) is 9.53. The number of nitrogens with two attached hydrogens (primary N) is 2. The molecule has 1 aliphatic carbocycles. The van der Waals surface area contributed by atoms with Crippen LogP contribution in [0.15, 0.2) is 36.5 Å². The van der Waals surface area contributed by atoms with E-state index in [-0.39, 0.29) is 0 Å². The molecule has 0 bridgehead atoms. The van der Waals surface area contributed by atoms with Crippen LogP contribution in [0.5, 0.6) is 5.75 Å². The van der Waals surface area contributed by atoms with E-state index in [9.17, 15) is 0 Å². The predicted molar refractivity (Wildman–Crippen MR) is 107 cm³/mol. The second-order valence-electron chi connectivity index (χ2n) is 7.11. The summed E-state index contributed by atoms with van der Waals surface area (Å²) in [6, 6.07) is 9.98. The Morgan fingerprint density at radius 1 is 1.22 bits per heavy atom. The molecule has 0 spiro atoms. The molecule has 27 heavy (non-hydrogen) atoms. The van der Waals surface area contributed by atoms with Gasteiger partial charge in [-0.05, 0) is 44.7 Å². The van der Waals surface area contributed by atoms with Crippen LogP contribution in [-0.2, 0) is 0 Å². The van der Waals surface area contributed by atoms with Gasteiger partial charge in [-0.25, -0.2) is 9.50 Å². The molecule has 0 atom stereocenters. The zero-order valence-corrected chi connectivity index (χ0v) is 15.6. The summed E-state index contributed by atoms with van der Waals surface area (Å²) >= 11 is 0. The fraction of sp³-hybridized carbons (Fsp3) is 0.400. The number of fused-ring (bicyclic) bond motifs is 1. The van der Waals surface area contributed by atoms with E-state index >= 15 is 0 Å². The van der Waals surface area contributed by atoms with Crippen LogP contribution in [0.2, 0.25) is 0 Å². The van der Waals surface area contributed by atoms with Crippen LogP contribution in [0, 0.1) is 0 Å². The van der Waals surface area contributed by atoms with Crippen molar-refractivity contribution in [3.63, 3.8) is 0 Å². The molecule has 4 rings (SSSR count). The standard InChI is InChI=1S/C20H26N6O/c1-2-27-16-5-3-4-15(10-16)23-17-11-19(22)25-26-12-18(24-20(17)26)13-6-8-14(21)9-7-13/h3-5,10-14,23H,2,6-9,21H2,1H3,(H2,22,25). The van der Waals surface area contributed by atoms with E-state index in [4.69, 9.17) is 21.2 Å². The molecule has 0 aliphatic heterocycles. The normalized spacial score (nSPS) is 19.9. The van der Waals surface area contributed by atoms with E-state index in [1.807, 2.05) is 43.5 Å². The van der Waals surface area contributed by atoms with E-state index < -0.39 is 0 Å². The first-order valence-corrected chi connectivity index (χ1v) is 9.53. The summed E-state index contributed by atoms with van der Waals surface area (Å²) < 4.78 is 7.35. The van der Waals surface area contributed by atoms with Crippen molar-refractivity contribution in [2.45, 2.75) is 44.6 Å². The highest BCUT2D eigenvalue weighted by Crippen LogP contribution is 2.33. The number of benzene rings is 1. The van der Waals surface area contributed by atoms with Gasteiger partial charge < -0.3 is 21.5 Å². The van der Waals surface area contributed by atoms with E-state index in [0.717, 1.165) is 54.1 Å². The Labute approximate surface area is 158 Å². The van der Waals surface area contributed by atoms with Gasteiger partial charge in [-0.3, -0.25) is 0 Å². The highest BCUT2D eigenvalue weighted by Gasteiger charge is 2.23. The van der Waals surface area contributed by atoms with Gasteiger partial charge in [-0.1, -0.05) is 6.07 Å². The van der Waals surface area contributed by atoms with Crippen molar-refractivity contribution in [2.24, 2.45) is 5.73 Å². The van der Waals surface area contributed by atoms with Crippen LogP contribution in [0.1, 0.15) is 44.2 Å². The lowest BCUT2D eigenvalue weighted by molar-refractivity contribution is 0.340. The van der Waals surface area contributed by atoms with Crippen molar-refractivity contribution >= 4 is 22.8 Å². The quantitative estimate of drug-likeness (QED) is 0.639. The van der Waals surface area contributed by atoms with Gasteiger partial charge >= 0.3 is 0 Å². The molecule has 1 fully saturated rings. The fourth-order valence-corrected chi connectivity index (χ4v) is 3.70. The highest BCUT2D eigenvalue weighted by atomic mass is 16.5. The smallest absolute Gasteiger partial charge is 0.177 e. The maximum absolute atomic E-state index is 6.04. The Morgan fingerprint density at radius 2 is 2.04 bits per heavy atom. The Hall–Kier alpha value is -2.80. The molecule has 142 valence electrons. The van der Waals surface area contributed by atoms with Crippen molar-refractivity contribution in [1.29, 1.82) is 0 Å². The van der Waals surface area contributed by atoms with Crippen molar-refractivity contribution in [3.05, 3.63) is 42.2 Å². The number of anilines is 3. The van der Waals surface area contributed by atoms with Gasteiger partial charge in [0.25, 0.3) is 0 Å². The van der Waals surface area contributed by atoms with Crippen LogP contribution >= 0.6 is 0 Å². The Morgan fingerprint density at radius 3 is 2.81 bits per heavy atom. The molecule has 7 heteroatoms. The number of nitrogens with zero attached hydrogens (tertiary/aromatic N) is 3. The number of hydrogen-bond donors (Lipinski definition) is 3. The third-order valence-corrected chi connectivity index (χ3v) is 5.08. The molecule has 0 saturated heterocycles. The number of imidazole rings is 1. The maximum Gasteiger partial charge on any atom is 0.177 e. The summed E-state index contributed by atoms with van der Waals surface area (Å²) in [5.74, 6) is 1.70. The lowest BCUT2D eigenvalue weighted by Crippen LogP contribution is -2.25. The molecule has 2 aromatic heterocycles. The van der Waals surface area contributed by atoms with Gasteiger partial charge in [-0.15, -0.1) is 5.10 Å². The number of nitrogens with one attached hydrogen (secondary N) is 1. The van der Waals surface area contributed by atoms with Crippen molar-refractivity contribution in [2.75, 3.05) is 17.7 Å². The van der Waals surface area contributed by atoms with E-state index in [1.54, 1.807) is 4.52 Å². The minimum Gasteiger partial charge on any atom is -0.494 e. The zero-order valence-electron chi connectivity index (χ0n) is 15.6. The number of nitrogen functional groups attached to an aromatic ring is 1. The Bertz CT molecular complexity index is 929. The minimum atomic E-state index is 0.321. The summed E-state index contributed by atoms with van der Waals surface area (Å²) in [5.41, 5.74) is 15.6. The molecule has 7 nitrogen and oxygen atoms in total. The van der Waals surface area contributed by atoms with Gasteiger partial charge in [-0.2, -0.15) is 0 Å². The van der Waals surface area contributed by atoms with Crippen LogP contribution in [0.4, 0.5) is 17.2 Å². The second-order valence-corrected chi connectivity index (χ2v) is 7.11. The maximum atomic E-state index is 6.04. The third kappa shape index (κ3) is 3.83. The minimum absolute atomic E-state index is 0.321. The molecule has 1 aliphatic rings. The van der Waals surface area contributed by atoms with E-state index in [1.165, 1.54) is 0 Å². The predicted octanol–water partition coefficient (Wildman–Crippen LogP) is 3.44. The Balaban J connectivity index is 1.65. The van der Waals surface area contributed by atoms with E-state index in [2.05, 4.69) is 10.4 Å². The first kappa shape index (κ1) is 17.6. The van der Waals surface area contributed by atoms with Crippen LogP contribution in [-0.4, -0.2) is 27.2 Å². The second kappa shape index (κ2) is 7.44. The largest absolute Gasteiger partial charge is 0.494 e. The number of hydrogen-bond acceptors (Lipinski definition) is 6. The lowest BCUT2D eigenvalue weighted by Gasteiger charge is -2.24. The molecular formula is C20H26N6O. The summed E-state index contributed by atoms with van der Waals surface area (Å²) in [6.07, 6.45) is 6.22. The van der Waals surface area contributed by atoms with Crippen LogP contribution < -0.4 is 21.5 Å². The van der Waals surface area contributed by atoms with Crippen molar-refractivity contribution in [1.82, 2.24) is 14.6 Å². The van der Waals surface area contributed by atoms with Gasteiger partial charge in [0.15, 0.2) is 5.65 Å². The van der Waals surface area contributed by atoms with Crippen LogP contribution in [0.25, 0.3) is 5.65 Å². The molecular weight excluding hydrogens is 340 g/mol. The van der Waals surface area contributed by atoms with Crippen molar-refractivity contribution in [3.8, 4) is 5.75 Å². The number of rotatable bonds is 5. The zero-order chi connectivity index (χ0) is 18.8. The molecule has 5 N–H and O–H groups in total. The summed E-state index contributed by atoms with van der Waals surface area (Å²) in [5, 5.41) is 7.80. The van der Waals surface area contributed by atoms with Gasteiger partial charge in [0.1, 0.15) is 11.6 Å². The highest BCUT2D eigenvalue weighted by molar-refractivity contribution is 5.76. The molecule has 1 aromatic carbocycles. The topological polar surface area (TPSA) is 103 Å². The molecule has 0 amide bonds. The Kier molecular flexibility index (Phi) is 4.85. The SMILES string of the molecule is CCOc1cccc(Nc2cc(N)nn3cc(C4CCC(N)CC4)nc23)c1. The summed E-state index contributed by atoms with van der Waals surface area (Å²) in [4.78, 5) is 4.87. The number of aromatic nitrogens is 3. The fourth-order valence-electron chi connectivity index (χ4n) is 3.70. The molecule has 2 heterocycles. The molecule has 0 radical (unpaired) electrons. The molecule has 1 saturated carbocycles. The average Bonchev–Trinajstić information content (AvgIpc) is 3.07. The third-order valence-electron chi connectivity index (χ3n) is 5.08. The van der Waals surface area contributed by atoms with Gasteiger partial charge in [0.2, 0.25) is 0 Å². The number of ether oxygens (including phenoxy) is 1. The van der Waals surface area contributed by atoms with Crippen LogP contribution in [0.3, 0.4) is 0 Å².